The Hall–Kier alpha value is -0.890. The summed E-state index contributed by atoms with van der Waals surface area (Å²) in [5.41, 5.74) is 6.27. The molecular weight excluding hydrogens is 276 g/mol. The molecule has 114 valence electrons. The number of likely N-dealkylation sites (N-methyl/N-ethyl adjacent to an activating group) is 1. The van der Waals surface area contributed by atoms with Gasteiger partial charge in [0, 0.05) is 37.6 Å². The number of hydrogen-bond acceptors (Lipinski definition) is 4. The van der Waals surface area contributed by atoms with E-state index in [0.717, 1.165) is 31.6 Å². The molecule has 7 heteroatoms. The Labute approximate surface area is 121 Å². The highest BCUT2D eigenvalue weighted by atomic mass is 32.2. The molecule has 1 unspecified atom stereocenters. The summed E-state index contributed by atoms with van der Waals surface area (Å²) >= 11 is 0. The van der Waals surface area contributed by atoms with Gasteiger partial charge in [-0.25, -0.2) is 8.42 Å². The Morgan fingerprint density at radius 3 is 2.80 bits per heavy atom. The van der Waals surface area contributed by atoms with E-state index in [2.05, 4.69) is 9.88 Å². The second kappa shape index (κ2) is 6.26. The summed E-state index contributed by atoms with van der Waals surface area (Å²) in [6.45, 7) is 4.65. The molecule has 1 aliphatic heterocycles. The van der Waals surface area contributed by atoms with Crippen molar-refractivity contribution in [2.75, 3.05) is 26.7 Å². The molecule has 1 aromatic rings. The number of nitrogens with one attached hydrogen (secondary N) is 1. The van der Waals surface area contributed by atoms with E-state index in [-0.39, 0.29) is 6.04 Å². The van der Waals surface area contributed by atoms with Gasteiger partial charge in [0.1, 0.15) is 0 Å². The van der Waals surface area contributed by atoms with Crippen LogP contribution < -0.4 is 5.73 Å². The maximum Gasteiger partial charge on any atom is 0.244 e. The van der Waals surface area contributed by atoms with E-state index in [1.165, 1.54) is 0 Å². The minimum Gasteiger partial charge on any atom is -0.363 e. The smallest absolute Gasteiger partial charge is 0.244 e. The Bertz CT molecular complexity index is 540. The molecule has 0 amide bonds. The summed E-state index contributed by atoms with van der Waals surface area (Å²) in [5.74, 6) is 0. The molecular formula is C13H24N4O2S. The number of aromatic amines is 1. The van der Waals surface area contributed by atoms with Crippen LogP contribution in [0.5, 0.6) is 0 Å². The molecule has 1 aliphatic rings. The minimum absolute atomic E-state index is 0.0312. The maximum absolute atomic E-state index is 12.8. The fourth-order valence-electron chi connectivity index (χ4n) is 2.69. The van der Waals surface area contributed by atoms with Crippen molar-refractivity contribution < 1.29 is 8.42 Å². The summed E-state index contributed by atoms with van der Waals surface area (Å²) in [4.78, 5) is 5.44. The lowest BCUT2D eigenvalue weighted by atomic mass is 10.2. The fourth-order valence-corrected chi connectivity index (χ4v) is 4.44. The highest BCUT2D eigenvalue weighted by Gasteiger charge is 2.33. The van der Waals surface area contributed by atoms with Gasteiger partial charge in [-0.1, -0.05) is 6.92 Å². The first-order valence-corrected chi connectivity index (χ1v) is 8.50. The first-order valence-electron chi connectivity index (χ1n) is 7.06. The molecule has 0 spiro atoms. The van der Waals surface area contributed by atoms with Gasteiger partial charge in [0.15, 0.2) is 0 Å². The van der Waals surface area contributed by atoms with Crippen molar-refractivity contribution in [2.45, 2.75) is 37.2 Å². The van der Waals surface area contributed by atoms with Crippen LogP contribution in [-0.2, 0) is 16.6 Å². The highest BCUT2D eigenvalue weighted by molar-refractivity contribution is 7.89. The van der Waals surface area contributed by atoms with Crippen molar-refractivity contribution in [2.24, 2.45) is 5.73 Å². The highest BCUT2D eigenvalue weighted by Crippen LogP contribution is 2.23. The standard InChI is InChI=1S/C13H24N4O2S/c1-3-12-10-16(2)5-4-6-17(12)20(18,19)13-7-11(8-14)15-9-13/h7,9,12,15H,3-6,8,10,14H2,1-2H3. The maximum atomic E-state index is 12.8. The van der Waals surface area contributed by atoms with Crippen molar-refractivity contribution in [3.05, 3.63) is 18.0 Å². The molecule has 3 N–H and O–H groups in total. The van der Waals surface area contributed by atoms with Crippen molar-refractivity contribution in [3.63, 3.8) is 0 Å². The molecule has 1 fully saturated rings. The summed E-state index contributed by atoms with van der Waals surface area (Å²) in [7, 11) is -1.40. The Balaban J connectivity index is 2.30. The second-order valence-corrected chi connectivity index (χ2v) is 7.25. The Morgan fingerprint density at radius 2 is 2.20 bits per heavy atom. The van der Waals surface area contributed by atoms with Crippen LogP contribution in [0.1, 0.15) is 25.5 Å². The van der Waals surface area contributed by atoms with Gasteiger partial charge in [-0.3, -0.25) is 0 Å². The van der Waals surface area contributed by atoms with E-state index in [1.807, 2.05) is 14.0 Å². The van der Waals surface area contributed by atoms with Crippen molar-refractivity contribution in [1.82, 2.24) is 14.2 Å². The Kier molecular flexibility index (Phi) is 4.85. The van der Waals surface area contributed by atoms with Gasteiger partial charge in [0.05, 0.1) is 4.90 Å². The molecule has 0 aromatic carbocycles. The number of aromatic nitrogens is 1. The van der Waals surface area contributed by atoms with Gasteiger partial charge in [0.2, 0.25) is 10.0 Å². The Morgan fingerprint density at radius 1 is 1.45 bits per heavy atom. The number of hydrogen-bond donors (Lipinski definition) is 2. The quantitative estimate of drug-likeness (QED) is 0.852. The van der Waals surface area contributed by atoms with Gasteiger partial charge in [0.25, 0.3) is 0 Å². The van der Waals surface area contributed by atoms with Gasteiger partial charge in [-0.2, -0.15) is 4.31 Å². The van der Waals surface area contributed by atoms with Crippen LogP contribution in [0.3, 0.4) is 0 Å². The third-order valence-electron chi connectivity index (χ3n) is 3.86. The summed E-state index contributed by atoms with van der Waals surface area (Å²) in [5, 5.41) is 0. The molecule has 1 atom stereocenters. The fraction of sp³-hybridized carbons (Fsp3) is 0.692. The van der Waals surface area contributed by atoms with Crippen molar-refractivity contribution in [1.29, 1.82) is 0 Å². The molecule has 20 heavy (non-hydrogen) atoms. The van der Waals surface area contributed by atoms with E-state index in [4.69, 9.17) is 5.73 Å². The van der Waals surface area contributed by atoms with Gasteiger partial charge in [-0.15, -0.1) is 0 Å². The van der Waals surface area contributed by atoms with Crippen LogP contribution in [0.4, 0.5) is 0 Å². The number of nitrogens with zero attached hydrogens (tertiary/aromatic N) is 2. The zero-order chi connectivity index (χ0) is 14.8. The van der Waals surface area contributed by atoms with Crippen LogP contribution in [0.2, 0.25) is 0 Å². The number of nitrogens with two attached hydrogens (primary N) is 1. The van der Waals surface area contributed by atoms with Gasteiger partial charge < -0.3 is 15.6 Å². The van der Waals surface area contributed by atoms with Crippen LogP contribution in [0, 0.1) is 0 Å². The molecule has 6 nitrogen and oxygen atoms in total. The zero-order valence-electron chi connectivity index (χ0n) is 12.2. The lowest BCUT2D eigenvalue weighted by Crippen LogP contribution is -2.43. The molecule has 1 aromatic heterocycles. The molecule has 2 rings (SSSR count). The molecule has 0 radical (unpaired) electrons. The SMILES string of the molecule is CCC1CN(C)CCCN1S(=O)(=O)c1c[nH]c(CN)c1. The molecule has 2 heterocycles. The normalized spacial score (nSPS) is 22.9. The molecule has 0 saturated carbocycles. The number of H-pyrrole nitrogens is 1. The summed E-state index contributed by atoms with van der Waals surface area (Å²) in [6.07, 6.45) is 3.22. The van der Waals surface area contributed by atoms with Gasteiger partial charge >= 0.3 is 0 Å². The first-order chi connectivity index (χ1) is 9.48. The van der Waals surface area contributed by atoms with Crippen LogP contribution in [0.25, 0.3) is 0 Å². The monoisotopic (exact) mass is 300 g/mol. The van der Waals surface area contributed by atoms with Crippen molar-refractivity contribution >= 4 is 10.0 Å². The van der Waals surface area contributed by atoms with Gasteiger partial charge in [-0.05, 0) is 32.5 Å². The van der Waals surface area contributed by atoms with E-state index in [9.17, 15) is 8.42 Å². The van der Waals surface area contributed by atoms with E-state index in [0.29, 0.717) is 18.0 Å². The first kappa shape index (κ1) is 15.5. The topological polar surface area (TPSA) is 82.4 Å². The summed E-state index contributed by atoms with van der Waals surface area (Å²) in [6, 6.07) is 1.67. The van der Waals surface area contributed by atoms with Crippen LogP contribution >= 0.6 is 0 Å². The van der Waals surface area contributed by atoms with E-state index >= 15 is 0 Å². The van der Waals surface area contributed by atoms with Crippen LogP contribution in [-0.4, -0.2) is 55.3 Å². The third kappa shape index (κ3) is 3.06. The average molecular weight is 300 g/mol. The summed E-state index contributed by atoms with van der Waals surface area (Å²) < 4.78 is 27.2. The number of sulfonamides is 1. The van der Waals surface area contributed by atoms with E-state index < -0.39 is 10.0 Å². The lowest BCUT2D eigenvalue weighted by Gasteiger charge is -2.28. The minimum atomic E-state index is -3.44. The molecule has 0 bridgehead atoms. The lowest BCUT2D eigenvalue weighted by molar-refractivity contribution is 0.270. The zero-order valence-corrected chi connectivity index (χ0v) is 13.0. The largest absolute Gasteiger partial charge is 0.363 e. The number of rotatable bonds is 4. The molecule has 0 aliphatic carbocycles. The van der Waals surface area contributed by atoms with Crippen molar-refractivity contribution in [3.8, 4) is 0 Å². The second-order valence-electron chi connectivity index (χ2n) is 5.36. The predicted octanol–water partition coefficient (Wildman–Crippen LogP) is 0.578. The van der Waals surface area contributed by atoms with E-state index in [1.54, 1.807) is 16.6 Å². The molecule has 1 saturated heterocycles. The predicted molar refractivity (Wildman–Crippen MR) is 78.8 cm³/mol. The van der Waals surface area contributed by atoms with Crippen LogP contribution in [0.15, 0.2) is 17.2 Å². The third-order valence-corrected chi connectivity index (χ3v) is 5.79. The average Bonchev–Trinajstić information content (AvgIpc) is 2.83.